The summed E-state index contributed by atoms with van der Waals surface area (Å²) < 4.78 is 34.9. The van der Waals surface area contributed by atoms with Crippen molar-refractivity contribution in [2.45, 2.75) is 13.3 Å². The van der Waals surface area contributed by atoms with Crippen molar-refractivity contribution in [1.29, 1.82) is 0 Å². The van der Waals surface area contributed by atoms with Gasteiger partial charge < -0.3 is 18.9 Å². The van der Waals surface area contributed by atoms with E-state index in [9.17, 15) is 14.0 Å². The van der Waals surface area contributed by atoms with Crippen molar-refractivity contribution in [3.8, 4) is 17.2 Å². The Balaban J connectivity index is 2.00. The van der Waals surface area contributed by atoms with Gasteiger partial charge in [0.05, 0.1) is 19.8 Å². The van der Waals surface area contributed by atoms with Crippen LogP contribution in [0.2, 0.25) is 0 Å². The van der Waals surface area contributed by atoms with Crippen LogP contribution in [0.25, 0.3) is 6.08 Å². The first kappa shape index (κ1) is 20.1. The third-order valence-electron chi connectivity index (χ3n) is 4.02. The molecule has 0 atom stereocenters. The maximum atomic E-state index is 13.9. The molecule has 0 unspecified atom stereocenters. The first-order valence-electron chi connectivity index (χ1n) is 8.71. The molecule has 150 valence electrons. The average Bonchev–Trinajstić information content (AvgIpc) is 3.08. The first-order valence-corrected chi connectivity index (χ1v) is 8.71. The van der Waals surface area contributed by atoms with Gasteiger partial charge in [-0.05, 0) is 35.9 Å². The lowest BCUT2D eigenvalue weighted by Gasteiger charge is -2.13. The summed E-state index contributed by atoms with van der Waals surface area (Å²) in [6.07, 6.45) is 1.62. The van der Waals surface area contributed by atoms with Crippen LogP contribution in [-0.4, -0.2) is 32.1 Å². The van der Waals surface area contributed by atoms with Crippen molar-refractivity contribution < 1.29 is 32.9 Å². The van der Waals surface area contributed by atoms with Crippen molar-refractivity contribution in [1.82, 2.24) is 0 Å². The van der Waals surface area contributed by atoms with Gasteiger partial charge in [0.15, 0.2) is 17.2 Å². The van der Waals surface area contributed by atoms with Gasteiger partial charge in [0, 0.05) is 6.42 Å². The van der Waals surface area contributed by atoms with Gasteiger partial charge >= 0.3 is 11.9 Å². The first-order chi connectivity index (χ1) is 14.0. The number of carbonyl (C=O) groups is 2. The minimum atomic E-state index is -0.720. The summed E-state index contributed by atoms with van der Waals surface area (Å²) in [5.41, 5.74) is 0.549. The van der Waals surface area contributed by atoms with E-state index in [2.05, 4.69) is 4.99 Å². The molecule has 0 N–H and O–H groups in total. The smallest absolute Gasteiger partial charge is 0.363 e. The zero-order chi connectivity index (χ0) is 21.0. The Morgan fingerprint density at radius 1 is 1.17 bits per heavy atom. The fourth-order valence-electron chi connectivity index (χ4n) is 2.59. The zero-order valence-corrected chi connectivity index (χ0v) is 16.0. The molecular formula is C21H18FNO6. The second-order valence-corrected chi connectivity index (χ2v) is 5.90. The molecule has 2 aromatic rings. The van der Waals surface area contributed by atoms with Crippen molar-refractivity contribution in [3.05, 3.63) is 59.0 Å². The molecule has 0 saturated carbocycles. The van der Waals surface area contributed by atoms with E-state index >= 15 is 0 Å². The molecule has 1 aliphatic heterocycles. The molecule has 0 radical (unpaired) electrons. The van der Waals surface area contributed by atoms with Crippen LogP contribution in [0.3, 0.4) is 0 Å². The summed E-state index contributed by atoms with van der Waals surface area (Å²) in [6, 6.07) is 8.96. The van der Waals surface area contributed by atoms with Gasteiger partial charge in [0.25, 0.3) is 0 Å². The van der Waals surface area contributed by atoms with E-state index in [4.69, 9.17) is 18.9 Å². The lowest BCUT2D eigenvalue weighted by molar-refractivity contribution is -0.134. The van der Waals surface area contributed by atoms with E-state index in [0.717, 1.165) is 0 Å². The summed E-state index contributed by atoms with van der Waals surface area (Å²) in [5.74, 6) is -1.23. The SMILES string of the molecule is CCC(=O)Oc1c(OC)cc(C=C2N=C(c3ccccc3F)OC2=O)cc1OC. The number of cyclic esters (lactones) is 1. The third-order valence-corrected chi connectivity index (χ3v) is 4.02. The number of benzene rings is 2. The average molecular weight is 399 g/mol. The Morgan fingerprint density at radius 2 is 1.83 bits per heavy atom. The molecule has 0 spiro atoms. The van der Waals surface area contributed by atoms with E-state index in [0.29, 0.717) is 5.56 Å². The number of hydrogen-bond acceptors (Lipinski definition) is 7. The number of aliphatic imine (C=N–C) groups is 1. The Labute approximate surface area is 166 Å². The van der Waals surface area contributed by atoms with Gasteiger partial charge in [-0.25, -0.2) is 14.2 Å². The fourth-order valence-corrected chi connectivity index (χ4v) is 2.59. The molecule has 1 aliphatic rings. The highest BCUT2D eigenvalue weighted by Gasteiger charge is 2.26. The maximum absolute atomic E-state index is 13.9. The largest absolute Gasteiger partial charge is 0.493 e. The quantitative estimate of drug-likeness (QED) is 0.420. The fraction of sp³-hybridized carbons (Fsp3) is 0.190. The molecule has 0 saturated heterocycles. The summed E-state index contributed by atoms with van der Waals surface area (Å²) in [5, 5.41) is 0. The van der Waals surface area contributed by atoms with Gasteiger partial charge in [-0.3, -0.25) is 4.79 Å². The lowest BCUT2D eigenvalue weighted by atomic mass is 10.1. The zero-order valence-electron chi connectivity index (χ0n) is 16.0. The van der Waals surface area contributed by atoms with Crippen molar-refractivity contribution in [2.24, 2.45) is 4.99 Å². The minimum Gasteiger partial charge on any atom is -0.493 e. The number of halogens is 1. The van der Waals surface area contributed by atoms with Gasteiger partial charge in [-0.1, -0.05) is 19.1 Å². The third kappa shape index (κ3) is 4.26. The molecule has 0 fully saturated rings. The number of rotatable bonds is 6. The second-order valence-electron chi connectivity index (χ2n) is 5.90. The van der Waals surface area contributed by atoms with Crippen LogP contribution in [0.15, 0.2) is 47.1 Å². The molecular weight excluding hydrogens is 381 g/mol. The molecule has 0 aliphatic carbocycles. The molecule has 0 bridgehead atoms. The Hall–Kier alpha value is -3.68. The van der Waals surface area contributed by atoms with Crippen LogP contribution in [-0.2, 0) is 14.3 Å². The van der Waals surface area contributed by atoms with Crippen molar-refractivity contribution in [3.63, 3.8) is 0 Å². The Kier molecular flexibility index (Phi) is 5.92. The summed E-state index contributed by atoms with van der Waals surface area (Å²) >= 11 is 0. The molecule has 2 aromatic carbocycles. The van der Waals surface area contributed by atoms with Crippen LogP contribution >= 0.6 is 0 Å². The van der Waals surface area contributed by atoms with Crippen molar-refractivity contribution >= 4 is 23.9 Å². The van der Waals surface area contributed by atoms with Gasteiger partial charge in [0.1, 0.15) is 5.82 Å². The number of hydrogen-bond donors (Lipinski definition) is 0. The topological polar surface area (TPSA) is 83.4 Å². The Bertz CT molecular complexity index is 1000. The number of methoxy groups -OCH3 is 2. The highest BCUT2D eigenvalue weighted by molar-refractivity contribution is 6.13. The lowest BCUT2D eigenvalue weighted by Crippen LogP contribution is -2.08. The van der Waals surface area contributed by atoms with Crippen LogP contribution in [0.5, 0.6) is 17.2 Å². The monoisotopic (exact) mass is 399 g/mol. The van der Waals surface area contributed by atoms with Crippen LogP contribution in [0, 0.1) is 5.82 Å². The van der Waals surface area contributed by atoms with E-state index in [-0.39, 0.29) is 40.8 Å². The highest BCUT2D eigenvalue weighted by Crippen LogP contribution is 2.39. The van der Waals surface area contributed by atoms with Crippen molar-refractivity contribution in [2.75, 3.05) is 14.2 Å². The van der Waals surface area contributed by atoms with E-state index in [1.54, 1.807) is 25.1 Å². The minimum absolute atomic E-state index is 0.0225. The Morgan fingerprint density at radius 3 is 2.41 bits per heavy atom. The number of carbonyl (C=O) groups excluding carboxylic acids is 2. The highest BCUT2D eigenvalue weighted by atomic mass is 19.1. The molecule has 8 heteroatoms. The normalized spacial score (nSPS) is 14.4. The molecule has 3 rings (SSSR count). The predicted molar refractivity (Wildman–Crippen MR) is 102 cm³/mol. The predicted octanol–water partition coefficient (Wildman–Crippen LogP) is 3.50. The van der Waals surface area contributed by atoms with Crippen LogP contribution < -0.4 is 14.2 Å². The second kappa shape index (κ2) is 8.55. The molecule has 1 heterocycles. The summed E-state index contributed by atoms with van der Waals surface area (Å²) in [4.78, 5) is 27.9. The van der Waals surface area contributed by atoms with Gasteiger partial charge in [-0.15, -0.1) is 0 Å². The van der Waals surface area contributed by atoms with Gasteiger partial charge in [0.2, 0.25) is 11.6 Å². The molecule has 0 amide bonds. The number of ether oxygens (including phenoxy) is 4. The van der Waals surface area contributed by atoms with Crippen LogP contribution in [0.4, 0.5) is 4.39 Å². The standard InChI is InChI=1S/C21H18FNO6/c1-4-18(24)28-19-16(26-2)10-12(11-17(19)27-3)9-15-21(25)29-20(23-15)13-7-5-6-8-14(13)22/h5-11H,4H2,1-3H3. The summed E-state index contributed by atoms with van der Waals surface area (Å²) in [6.45, 7) is 1.66. The van der Waals surface area contributed by atoms with E-state index < -0.39 is 17.8 Å². The molecule has 0 aromatic heterocycles. The maximum Gasteiger partial charge on any atom is 0.363 e. The van der Waals surface area contributed by atoms with Gasteiger partial charge in [-0.2, -0.15) is 0 Å². The number of esters is 2. The summed E-state index contributed by atoms with van der Waals surface area (Å²) in [7, 11) is 2.82. The number of nitrogens with zero attached hydrogens (tertiary/aromatic N) is 1. The molecule has 7 nitrogen and oxygen atoms in total. The van der Waals surface area contributed by atoms with Crippen LogP contribution in [0.1, 0.15) is 24.5 Å². The van der Waals surface area contributed by atoms with E-state index in [1.807, 2.05) is 0 Å². The molecule has 29 heavy (non-hydrogen) atoms. The van der Waals surface area contributed by atoms with E-state index in [1.165, 1.54) is 38.5 Å².